The van der Waals surface area contributed by atoms with Crippen LogP contribution in [0.4, 0.5) is 11.4 Å². The van der Waals surface area contributed by atoms with Gasteiger partial charge in [0.1, 0.15) is 0 Å². The lowest BCUT2D eigenvalue weighted by atomic mass is 10.1. The van der Waals surface area contributed by atoms with Crippen LogP contribution >= 0.6 is 0 Å². The molecule has 0 aromatic heterocycles. The molecule has 100 valence electrons. The number of hydrogen-bond donors (Lipinski definition) is 2. The van der Waals surface area contributed by atoms with E-state index in [1.807, 2.05) is 12.1 Å². The van der Waals surface area contributed by atoms with Crippen LogP contribution in [0.5, 0.6) is 0 Å². The first-order valence-corrected chi connectivity index (χ1v) is 7.84. The fourth-order valence-electron chi connectivity index (χ4n) is 1.98. The van der Waals surface area contributed by atoms with E-state index in [2.05, 4.69) is 10.0 Å². The molecule has 1 fully saturated rings. The molecule has 2 rings (SSSR count). The van der Waals surface area contributed by atoms with E-state index in [9.17, 15) is 8.42 Å². The van der Waals surface area contributed by atoms with Gasteiger partial charge in [0.25, 0.3) is 0 Å². The van der Waals surface area contributed by atoms with Crippen molar-refractivity contribution in [1.29, 1.82) is 0 Å². The predicted octanol–water partition coefficient (Wildman–Crippen LogP) is 1.65. The second-order valence-electron chi connectivity index (χ2n) is 4.51. The lowest BCUT2D eigenvalue weighted by molar-refractivity contribution is 0.0876. The molecule has 1 atom stereocenters. The number of rotatable bonds is 4. The van der Waals surface area contributed by atoms with E-state index >= 15 is 0 Å². The summed E-state index contributed by atoms with van der Waals surface area (Å²) in [6, 6.07) is 7.55. The fourth-order valence-corrected chi connectivity index (χ4v) is 2.53. The highest BCUT2D eigenvalue weighted by molar-refractivity contribution is 7.92. The first-order chi connectivity index (χ1) is 8.53. The highest BCUT2D eigenvalue weighted by atomic mass is 32.2. The second-order valence-corrected chi connectivity index (χ2v) is 6.26. The molecule has 1 aromatic carbocycles. The third kappa shape index (κ3) is 4.19. The van der Waals surface area contributed by atoms with Crippen molar-refractivity contribution in [3.05, 3.63) is 24.3 Å². The van der Waals surface area contributed by atoms with Crippen LogP contribution in [0.1, 0.15) is 12.8 Å². The van der Waals surface area contributed by atoms with Crippen molar-refractivity contribution >= 4 is 21.4 Å². The summed E-state index contributed by atoms with van der Waals surface area (Å²) in [6.45, 7) is 1.53. The normalized spacial score (nSPS) is 20.4. The van der Waals surface area contributed by atoms with Crippen molar-refractivity contribution in [2.45, 2.75) is 18.9 Å². The van der Waals surface area contributed by atoms with Crippen LogP contribution in [0.3, 0.4) is 0 Å². The first-order valence-electron chi connectivity index (χ1n) is 5.95. The van der Waals surface area contributed by atoms with E-state index in [1.54, 1.807) is 12.1 Å². The average Bonchev–Trinajstić information content (AvgIpc) is 2.28. The molecule has 1 unspecified atom stereocenters. The van der Waals surface area contributed by atoms with E-state index in [-0.39, 0.29) is 0 Å². The third-order valence-corrected chi connectivity index (χ3v) is 3.30. The maximum atomic E-state index is 11.2. The minimum Gasteiger partial charge on any atom is -0.380 e. The largest absolute Gasteiger partial charge is 0.380 e. The Hall–Kier alpha value is -1.27. The number of anilines is 2. The predicted molar refractivity (Wildman–Crippen MR) is 72.4 cm³/mol. The van der Waals surface area contributed by atoms with Crippen LogP contribution in [0, 0.1) is 0 Å². The van der Waals surface area contributed by atoms with Crippen LogP contribution < -0.4 is 10.0 Å². The molecule has 0 spiro atoms. The lowest BCUT2D eigenvalue weighted by Gasteiger charge is -2.24. The van der Waals surface area contributed by atoms with E-state index in [0.717, 1.165) is 31.4 Å². The average molecular weight is 270 g/mol. The van der Waals surface area contributed by atoms with Gasteiger partial charge in [-0.25, -0.2) is 8.42 Å². The van der Waals surface area contributed by atoms with E-state index < -0.39 is 10.0 Å². The van der Waals surface area contributed by atoms with Gasteiger partial charge in [-0.3, -0.25) is 4.72 Å². The zero-order chi connectivity index (χ0) is 13.0. The Labute approximate surface area is 108 Å². The number of nitrogens with one attached hydrogen (secondary N) is 2. The Kier molecular flexibility index (Phi) is 4.08. The molecule has 1 aliphatic heterocycles. The summed E-state index contributed by atoms with van der Waals surface area (Å²) in [6.07, 6.45) is 3.27. The van der Waals surface area contributed by atoms with Crippen molar-refractivity contribution in [3.8, 4) is 0 Å². The summed E-state index contributed by atoms with van der Waals surface area (Å²) in [5.41, 5.74) is 1.47. The van der Waals surface area contributed by atoms with E-state index in [0.29, 0.717) is 18.3 Å². The summed E-state index contributed by atoms with van der Waals surface area (Å²) in [4.78, 5) is 0. The van der Waals surface area contributed by atoms with Crippen molar-refractivity contribution in [3.63, 3.8) is 0 Å². The molecule has 2 N–H and O–H groups in total. The number of hydrogen-bond acceptors (Lipinski definition) is 4. The summed E-state index contributed by atoms with van der Waals surface area (Å²) in [5, 5.41) is 3.35. The monoisotopic (exact) mass is 270 g/mol. The Morgan fingerprint density at radius 2 is 2.11 bits per heavy atom. The van der Waals surface area contributed by atoms with Gasteiger partial charge in [0.2, 0.25) is 10.0 Å². The molecule has 1 aromatic rings. The Balaban J connectivity index is 2.02. The van der Waals surface area contributed by atoms with Gasteiger partial charge >= 0.3 is 0 Å². The highest BCUT2D eigenvalue weighted by Gasteiger charge is 2.13. The second kappa shape index (κ2) is 5.58. The van der Waals surface area contributed by atoms with Crippen LogP contribution in [0.15, 0.2) is 24.3 Å². The Morgan fingerprint density at radius 1 is 1.33 bits per heavy atom. The fraction of sp³-hybridized carbons (Fsp3) is 0.500. The Bertz CT molecular complexity index is 496. The van der Waals surface area contributed by atoms with Gasteiger partial charge in [0.05, 0.1) is 18.6 Å². The topological polar surface area (TPSA) is 67.4 Å². The van der Waals surface area contributed by atoms with Gasteiger partial charge in [-0.2, -0.15) is 0 Å². The van der Waals surface area contributed by atoms with Gasteiger partial charge in [-0.15, -0.1) is 0 Å². The molecule has 6 heteroatoms. The number of sulfonamides is 1. The molecule has 0 bridgehead atoms. The van der Waals surface area contributed by atoms with Crippen molar-refractivity contribution in [1.82, 2.24) is 0 Å². The highest BCUT2D eigenvalue weighted by Crippen LogP contribution is 2.19. The Morgan fingerprint density at radius 3 is 2.78 bits per heavy atom. The lowest BCUT2D eigenvalue weighted by Crippen LogP contribution is -2.29. The zero-order valence-corrected chi connectivity index (χ0v) is 11.2. The molecule has 18 heavy (non-hydrogen) atoms. The molecule has 0 aliphatic carbocycles. The molecule has 1 heterocycles. The molecule has 1 saturated heterocycles. The first kappa shape index (κ1) is 13.2. The van der Waals surface area contributed by atoms with Crippen LogP contribution in [0.2, 0.25) is 0 Å². The smallest absolute Gasteiger partial charge is 0.229 e. The van der Waals surface area contributed by atoms with E-state index in [4.69, 9.17) is 4.74 Å². The van der Waals surface area contributed by atoms with Gasteiger partial charge in [0.15, 0.2) is 0 Å². The third-order valence-electron chi connectivity index (χ3n) is 2.70. The van der Waals surface area contributed by atoms with Gasteiger partial charge < -0.3 is 10.1 Å². The quantitative estimate of drug-likeness (QED) is 0.873. The van der Waals surface area contributed by atoms with Gasteiger partial charge in [0, 0.05) is 18.3 Å². The van der Waals surface area contributed by atoms with Crippen molar-refractivity contribution < 1.29 is 13.2 Å². The van der Waals surface area contributed by atoms with Crippen molar-refractivity contribution in [2.75, 3.05) is 29.5 Å². The van der Waals surface area contributed by atoms with Crippen LogP contribution in [-0.2, 0) is 14.8 Å². The molecule has 0 radical (unpaired) electrons. The summed E-state index contributed by atoms with van der Waals surface area (Å²) in [7, 11) is -3.23. The number of benzene rings is 1. The SMILES string of the molecule is CS(=O)(=O)Nc1cccc(NC2CCCOC2)c1. The van der Waals surface area contributed by atoms with Crippen molar-refractivity contribution in [2.24, 2.45) is 0 Å². The summed E-state index contributed by atoms with van der Waals surface area (Å²) < 4.78 is 30.2. The molecule has 0 saturated carbocycles. The minimum absolute atomic E-state index is 0.298. The molecular formula is C12H18N2O3S. The minimum atomic E-state index is -3.23. The number of ether oxygens (including phenoxy) is 1. The molecular weight excluding hydrogens is 252 g/mol. The summed E-state index contributed by atoms with van der Waals surface area (Å²) >= 11 is 0. The molecule has 1 aliphatic rings. The van der Waals surface area contributed by atoms with Crippen LogP contribution in [0.25, 0.3) is 0 Å². The molecule has 5 nitrogen and oxygen atoms in total. The zero-order valence-electron chi connectivity index (χ0n) is 10.3. The standard InChI is InChI=1S/C12H18N2O3S/c1-18(15,16)14-11-5-2-4-10(8-11)13-12-6-3-7-17-9-12/h2,4-5,8,12-14H,3,6-7,9H2,1H3. The maximum absolute atomic E-state index is 11.2. The molecule has 0 amide bonds. The summed E-state index contributed by atoms with van der Waals surface area (Å²) in [5.74, 6) is 0. The van der Waals surface area contributed by atoms with E-state index in [1.165, 1.54) is 0 Å². The van der Waals surface area contributed by atoms with Crippen LogP contribution in [-0.4, -0.2) is 33.9 Å². The maximum Gasteiger partial charge on any atom is 0.229 e. The van der Waals surface area contributed by atoms with Gasteiger partial charge in [-0.05, 0) is 31.0 Å². The van der Waals surface area contributed by atoms with Gasteiger partial charge in [-0.1, -0.05) is 6.07 Å².